The van der Waals surface area contributed by atoms with Crippen LogP contribution in [0.5, 0.6) is 0 Å². The predicted molar refractivity (Wildman–Crippen MR) is 75.6 cm³/mol. The van der Waals surface area contributed by atoms with E-state index >= 15 is 0 Å². The second-order valence-corrected chi connectivity index (χ2v) is 6.99. The summed E-state index contributed by atoms with van der Waals surface area (Å²) < 4.78 is 0. The van der Waals surface area contributed by atoms with Gasteiger partial charge in [-0.1, -0.05) is 43.7 Å². The molecule has 2 heteroatoms. The third-order valence-electron chi connectivity index (χ3n) is 4.09. The van der Waals surface area contributed by atoms with E-state index in [1.165, 1.54) is 16.9 Å². The third-order valence-corrected chi connectivity index (χ3v) is 5.26. The van der Waals surface area contributed by atoms with E-state index in [0.717, 1.165) is 18.6 Å². The lowest BCUT2D eigenvalue weighted by Crippen LogP contribution is -2.51. The average molecular weight is 250 g/mol. The normalized spacial score (nSPS) is 28.0. The van der Waals surface area contributed by atoms with E-state index in [9.17, 15) is 5.11 Å². The Balaban J connectivity index is 2.18. The lowest BCUT2D eigenvalue weighted by Gasteiger charge is -2.46. The number of rotatable bonds is 2. The Morgan fingerprint density at radius 1 is 1.24 bits per heavy atom. The van der Waals surface area contributed by atoms with Crippen molar-refractivity contribution < 1.29 is 5.11 Å². The van der Waals surface area contributed by atoms with Crippen molar-refractivity contribution in [1.82, 2.24) is 0 Å². The monoisotopic (exact) mass is 250 g/mol. The van der Waals surface area contributed by atoms with Crippen LogP contribution in [0.4, 0.5) is 0 Å². The van der Waals surface area contributed by atoms with Crippen molar-refractivity contribution in [1.29, 1.82) is 0 Å². The molecule has 1 nitrogen and oxygen atoms in total. The first-order valence-electron chi connectivity index (χ1n) is 6.29. The van der Waals surface area contributed by atoms with Crippen LogP contribution < -0.4 is 0 Å². The van der Waals surface area contributed by atoms with Gasteiger partial charge in [0.1, 0.15) is 0 Å². The van der Waals surface area contributed by atoms with Crippen molar-refractivity contribution >= 4 is 11.8 Å². The van der Waals surface area contributed by atoms with Crippen molar-refractivity contribution in [3.63, 3.8) is 0 Å². The molecule has 17 heavy (non-hydrogen) atoms. The fraction of sp³-hybridized carbons (Fsp3) is 0.600. The number of hydrogen-bond acceptors (Lipinski definition) is 2. The van der Waals surface area contributed by atoms with Gasteiger partial charge in [-0.3, -0.25) is 0 Å². The molecule has 1 saturated heterocycles. The Kier molecular flexibility index (Phi) is 3.55. The Bertz CT molecular complexity index is 382. The first-order valence-corrected chi connectivity index (χ1v) is 7.44. The standard InChI is InChI=1S/C15H22OS/c1-12-4-6-13(7-5-12)10-15(16)11-17-9-8-14(15,2)3/h4-7,16H,8-11H2,1-3H3. The fourth-order valence-corrected chi connectivity index (χ4v) is 3.96. The zero-order chi connectivity index (χ0) is 12.5. The van der Waals surface area contributed by atoms with E-state index in [1.54, 1.807) is 0 Å². The van der Waals surface area contributed by atoms with Gasteiger partial charge in [-0.15, -0.1) is 0 Å². The molecule has 1 aromatic rings. The average Bonchev–Trinajstić information content (AvgIpc) is 2.26. The highest BCUT2D eigenvalue weighted by molar-refractivity contribution is 7.99. The molecule has 0 aliphatic carbocycles. The van der Waals surface area contributed by atoms with Crippen molar-refractivity contribution in [2.45, 2.75) is 39.2 Å². The summed E-state index contributed by atoms with van der Waals surface area (Å²) in [5.74, 6) is 2.02. The van der Waals surface area contributed by atoms with Crippen molar-refractivity contribution in [3.8, 4) is 0 Å². The first-order chi connectivity index (χ1) is 7.93. The number of thioether (sulfide) groups is 1. The quantitative estimate of drug-likeness (QED) is 0.868. The van der Waals surface area contributed by atoms with Crippen LogP contribution in [-0.2, 0) is 6.42 Å². The minimum absolute atomic E-state index is 0.0170. The lowest BCUT2D eigenvalue weighted by molar-refractivity contribution is -0.0512. The summed E-state index contributed by atoms with van der Waals surface area (Å²) in [6.07, 6.45) is 1.87. The van der Waals surface area contributed by atoms with E-state index in [4.69, 9.17) is 0 Å². The third kappa shape index (κ3) is 2.69. The molecule has 94 valence electrons. The summed E-state index contributed by atoms with van der Waals surface area (Å²) in [5, 5.41) is 10.9. The van der Waals surface area contributed by atoms with Gasteiger partial charge in [-0.05, 0) is 30.1 Å². The van der Waals surface area contributed by atoms with Gasteiger partial charge >= 0.3 is 0 Å². The molecular formula is C15H22OS. The largest absolute Gasteiger partial charge is 0.388 e. The van der Waals surface area contributed by atoms with Gasteiger partial charge < -0.3 is 5.11 Å². The van der Waals surface area contributed by atoms with Crippen LogP contribution in [0.15, 0.2) is 24.3 Å². The van der Waals surface area contributed by atoms with Crippen LogP contribution in [0.1, 0.15) is 31.4 Å². The van der Waals surface area contributed by atoms with Crippen LogP contribution in [0.25, 0.3) is 0 Å². The summed E-state index contributed by atoms with van der Waals surface area (Å²) >= 11 is 1.88. The molecule has 0 spiro atoms. The van der Waals surface area contributed by atoms with Crippen molar-refractivity contribution in [3.05, 3.63) is 35.4 Å². The van der Waals surface area contributed by atoms with Crippen LogP contribution in [-0.4, -0.2) is 22.2 Å². The number of aryl methyl sites for hydroxylation is 1. The molecule has 0 amide bonds. The van der Waals surface area contributed by atoms with Gasteiger partial charge in [-0.2, -0.15) is 11.8 Å². The highest BCUT2D eigenvalue weighted by atomic mass is 32.2. The highest BCUT2D eigenvalue weighted by Crippen LogP contribution is 2.44. The fourth-order valence-electron chi connectivity index (χ4n) is 2.33. The van der Waals surface area contributed by atoms with Gasteiger partial charge in [0.2, 0.25) is 0 Å². The first kappa shape index (κ1) is 13.0. The second kappa shape index (κ2) is 4.66. The second-order valence-electron chi connectivity index (χ2n) is 5.88. The molecule has 1 aliphatic rings. The topological polar surface area (TPSA) is 20.2 Å². The van der Waals surface area contributed by atoms with E-state index in [2.05, 4.69) is 45.0 Å². The smallest absolute Gasteiger partial charge is 0.0828 e. The molecule has 0 radical (unpaired) electrons. The van der Waals surface area contributed by atoms with Gasteiger partial charge in [-0.25, -0.2) is 0 Å². The van der Waals surface area contributed by atoms with E-state index in [1.807, 2.05) is 11.8 Å². The minimum atomic E-state index is -0.564. The van der Waals surface area contributed by atoms with Gasteiger partial charge in [0.25, 0.3) is 0 Å². The molecule has 1 aromatic carbocycles. The highest BCUT2D eigenvalue weighted by Gasteiger charge is 2.45. The Hall–Kier alpha value is -0.470. The molecule has 0 aromatic heterocycles. The van der Waals surface area contributed by atoms with Crippen LogP contribution in [0.3, 0.4) is 0 Å². The summed E-state index contributed by atoms with van der Waals surface area (Å²) in [6, 6.07) is 8.54. The maximum absolute atomic E-state index is 10.9. The molecule has 1 atom stereocenters. The molecule has 1 aliphatic heterocycles. The van der Waals surface area contributed by atoms with E-state index < -0.39 is 5.60 Å². The molecule has 1 heterocycles. The number of hydrogen-bond donors (Lipinski definition) is 1. The van der Waals surface area contributed by atoms with Crippen LogP contribution >= 0.6 is 11.8 Å². The minimum Gasteiger partial charge on any atom is -0.388 e. The maximum atomic E-state index is 10.9. The van der Waals surface area contributed by atoms with Gasteiger partial charge in [0.15, 0.2) is 0 Å². The lowest BCUT2D eigenvalue weighted by atomic mass is 9.70. The zero-order valence-electron chi connectivity index (χ0n) is 11.0. The molecule has 2 rings (SSSR count). The van der Waals surface area contributed by atoms with Crippen molar-refractivity contribution in [2.75, 3.05) is 11.5 Å². The van der Waals surface area contributed by atoms with Crippen LogP contribution in [0, 0.1) is 12.3 Å². The Morgan fingerprint density at radius 2 is 1.88 bits per heavy atom. The molecular weight excluding hydrogens is 228 g/mol. The predicted octanol–water partition coefficient (Wildman–Crippen LogP) is 3.43. The maximum Gasteiger partial charge on any atom is 0.0828 e. The van der Waals surface area contributed by atoms with E-state index in [0.29, 0.717) is 0 Å². The summed E-state index contributed by atoms with van der Waals surface area (Å²) in [6.45, 7) is 6.49. The van der Waals surface area contributed by atoms with Crippen molar-refractivity contribution in [2.24, 2.45) is 5.41 Å². The van der Waals surface area contributed by atoms with Gasteiger partial charge in [0, 0.05) is 12.2 Å². The Labute approximate surface area is 109 Å². The summed E-state index contributed by atoms with van der Waals surface area (Å²) in [5.41, 5.74) is 1.97. The zero-order valence-corrected chi connectivity index (χ0v) is 11.8. The molecule has 1 unspecified atom stereocenters. The number of aliphatic hydroxyl groups is 1. The SMILES string of the molecule is Cc1ccc(CC2(O)CSCCC2(C)C)cc1. The van der Waals surface area contributed by atoms with Crippen LogP contribution in [0.2, 0.25) is 0 Å². The molecule has 1 N–H and O–H groups in total. The summed E-state index contributed by atoms with van der Waals surface area (Å²) in [7, 11) is 0. The van der Waals surface area contributed by atoms with E-state index in [-0.39, 0.29) is 5.41 Å². The Morgan fingerprint density at radius 3 is 2.47 bits per heavy atom. The molecule has 1 fully saturated rings. The molecule has 0 bridgehead atoms. The number of benzene rings is 1. The molecule has 0 saturated carbocycles. The van der Waals surface area contributed by atoms with Gasteiger partial charge in [0.05, 0.1) is 5.60 Å². The summed E-state index contributed by atoms with van der Waals surface area (Å²) in [4.78, 5) is 0.